The molecule has 0 saturated heterocycles. The number of benzene rings is 1. The number of carbonyl (C=O) groups is 2. The van der Waals surface area contributed by atoms with Crippen LogP contribution < -0.4 is 0 Å². The molecule has 20 heavy (non-hydrogen) atoms. The number of aromatic hydroxyl groups is 2. The van der Waals surface area contributed by atoms with E-state index in [1.54, 1.807) is 13.8 Å². The van der Waals surface area contributed by atoms with Crippen molar-refractivity contribution in [2.45, 2.75) is 26.9 Å². The predicted octanol–water partition coefficient (Wildman–Crippen LogP) is 2.27. The molecule has 0 saturated carbocycles. The molecule has 0 fully saturated rings. The van der Waals surface area contributed by atoms with Gasteiger partial charge in [0.25, 0.3) is 0 Å². The van der Waals surface area contributed by atoms with Crippen molar-refractivity contribution in [2.24, 2.45) is 5.92 Å². The topological polar surface area (TPSA) is 83.8 Å². The van der Waals surface area contributed by atoms with Crippen LogP contribution in [0, 0.1) is 5.92 Å². The van der Waals surface area contributed by atoms with Crippen molar-refractivity contribution in [1.82, 2.24) is 0 Å². The highest BCUT2D eigenvalue weighted by Gasteiger charge is 2.21. The molecule has 0 aliphatic carbocycles. The Kier molecular flexibility index (Phi) is 5.32. The third-order valence-corrected chi connectivity index (χ3v) is 2.66. The van der Waals surface area contributed by atoms with Crippen LogP contribution in [0.5, 0.6) is 11.5 Å². The van der Waals surface area contributed by atoms with Crippen LogP contribution in [0.4, 0.5) is 0 Å². The highest BCUT2D eigenvalue weighted by molar-refractivity contribution is 5.90. The Morgan fingerprint density at radius 2 is 1.85 bits per heavy atom. The van der Waals surface area contributed by atoms with Crippen molar-refractivity contribution in [1.29, 1.82) is 0 Å². The molecule has 0 heterocycles. The fourth-order valence-electron chi connectivity index (χ4n) is 1.66. The molecule has 1 rings (SSSR count). The van der Waals surface area contributed by atoms with Crippen LogP contribution in [-0.4, -0.2) is 28.1 Å². The lowest BCUT2D eigenvalue weighted by atomic mass is 10.0. The van der Waals surface area contributed by atoms with Gasteiger partial charge in [-0.15, -0.1) is 0 Å². The van der Waals surface area contributed by atoms with Gasteiger partial charge in [0, 0.05) is 6.08 Å². The molecule has 1 aromatic carbocycles. The van der Waals surface area contributed by atoms with E-state index >= 15 is 0 Å². The Bertz CT molecular complexity index is 531. The monoisotopic (exact) mass is 278 g/mol. The normalized spacial score (nSPS) is 12.6. The van der Waals surface area contributed by atoms with E-state index in [1.165, 1.54) is 37.3 Å². The van der Waals surface area contributed by atoms with Crippen LogP contribution in [0.25, 0.3) is 6.08 Å². The summed E-state index contributed by atoms with van der Waals surface area (Å²) in [6.45, 7) is 4.96. The van der Waals surface area contributed by atoms with Gasteiger partial charge in [0.05, 0.1) is 0 Å². The van der Waals surface area contributed by atoms with Crippen LogP contribution in [-0.2, 0) is 14.3 Å². The summed E-state index contributed by atoms with van der Waals surface area (Å²) in [5, 5.41) is 18.5. The third-order valence-electron chi connectivity index (χ3n) is 2.66. The first-order chi connectivity index (χ1) is 9.31. The van der Waals surface area contributed by atoms with Gasteiger partial charge >= 0.3 is 5.97 Å². The van der Waals surface area contributed by atoms with Crippen LogP contribution in [0.2, 0.25) is 0 Å². The largest absolute Gasteiger partial charge is 0.504 e. The molecule has 0 aliphatic heterocycles. The summed E-state index contributed by atoms with van der Waals surface area (Å²) >= 11 is 0. The van der Waals surface area contributed by atoms with Gasteiger partial charge in [-0.05, 0) is 36.6 Å². The van der Waals surface area contributed by atoms with Crippen molar-refractivity contribution < 1.29 is 24.5 Å². The van der Waals surface area contributed by atoms with Crippen molar-refractivity contribution in [3.63, 3.8) is 0 Å². The molecular formula is C15H18O5. The van der Waals surface area contributed by atoms with E-state index in [2.05, 4.69) is 0 Å². The van der Waals surface area contributed by atoms with Crippen LogP contribution in [0.3, 0.4) is 0 Å². The maximum atomic E-state index is 11.6. The second kappa shape index (κ2) is 6.75. The highest BCUT2D eigenvalue weighted by atomic mass is 16.5. The molecule has 0 amide bonds. The number of ether oxygens (including phenoxy) is 1. The van der Waals surface area contributed by atoms with Gasteiger partial charge in [-0.25, -0.2) is 4.79 Å². The number of phenolic OH excluding ortho intramolecular Hbond substituents is 2. The minimum atomic E-state index is -0.764. The van der Waals surface area contributed by atoms with Gasteiger partial charge in [0.15, 0.2) is 23.4 Å². The minimum absolute atomic E-state index is 0.0948. The molecule has 5 heteroatoms. The van der Waals surface area contributed by atoms with Gasteiger partial charge in [-0.3, -0.25) is 4.79 Å². The van der Waals surface area contributed by atoms with Gasteiger partial charge < -0.3 is 14.9 Å². The Morgan fingerprint density at radius 1 is 1.20 bits per heavy atom. The number of hydrogen-bond acceptors (Lipinski definition) is 5. The number of carbonyl (C=O) groups excluding carboxylic acids is 2. The van der Waals surface area contributed by atoms with Crippen LogP contribution in [0.1, 0.15) is 26.3 Å². The summed E-state index contributed by atoms with van der Waals surface area (Å²) < 4.78 is 5.06. The smallest absolute Gasteiger partial charge is 0.331 e. The van der Waals surface area contributed by atoms with E-state index in [9.17, 15) is 14.7 Å². The zero-order chi connectivity index (χ0) is 15.3. The lowest BCUT2D eigenvalue weighted by Crippen LogP contribution is -2.29. The summed E-state index contributed by atoms with van der Waals surface area (Å²) in [5.74, 6) is -1.44. The van der Waals surface area contributed by atoms with E-state index in [0.717, 1.165) is 0 Å². The van der Waals surface area contributed by atoms with Crippen LogP contribution in [0.15, 0.2) is 24.3 Å². The van der Waals surface area contributed by atoms with E-state index < -0.39 is 12.1 Å². The summed E-state index contributed by atoms with van der Waals surface area (Å²) in [5.41, 5.74) is 0.529. The Morgan fingerprint density at radius 3 is 2.35 bits per heavy atom. The number of phenols is 2. The van der Waals surface area contributed by atoms with Gasteiger partial charge in [-0.2, -0.15) is 0 Å². The maximum Gasteiger partial charge on any atom is 0.331 e. The quantitative estimate of drug-likeness (QED) is 0.490. The van der Waals surface area contributed by atoms with E-state index in [-0.39, 0.29) is 23.2 Å². The molecule has 0 aliphatic rings. The summed E-state index contributed by atoms with van der Waals surface area (Å²) in [6, 6.07) is 4.15. The Hall–Kier alpha value is -2.30. The van der Waals surface area contributed by atoms with Crippen molar-refractivity contribution in [3.05, 3.63) is 29.8 Å². The van der Waals surface area contributed by atoms with Gasteiger partial charge in [-0.1, -0.05) is 19.9 Å². The Labute approximate surface area is 117 Å². The lowest BCUT2D eigenvalue weighted by Gasteiger charge is -2.17. The average Bonchev–Trinajstić information content (AvgIpc) is 2.36. The number of Topliss-reactive ketones (excluding diaryl/α,β-unsaturated/α-hetero) is 1. The second-order valence-corrected chi connectivity index (χ2v) is 4.79. The maximum absolute atomic E-state index is 11.6. The third kappa shape index (κ3) is 4.42. The molecule has 108 valence electrons. The molecule has 0 aromatic heterocycles. The molecule has 0 spiro atoms. The fourth-order valence-corrected chi connectivity index (χ4v) is 1.66. The van der Waals surface area contributed by atoms with E-state index in [1.807, 2.05) is 0 Å². The first-order valence-electron chi connectivity index (χ1n) is 6.22. The zero-order valence-corrected chi connectivity index (χ0v) is 11.7. The van der Waals surface area contributed by atoms with Crippen molar-refractivity contribution in [2.75, 3.05) is 0 Å². The number of hydrogen-bond donors (Lipinski definition) is 2. The zero-order valence-electron chi connectivity index (χ0n) is 11.7. The van der Waals surface area contributed by atoms with Crippen molar-refractivity contribution >= 4 is 17.8 Å². The molecule has 1 aromatic rings. The number of ketones is 1. The number of esters is 1. The van der Waals surface area contributed by atoms with Crippen molar-refractivity contribution in [3.8, 4) is 11.5 Å². The molecule has 0 radical (unpaired) electrons. The summed E-state index contributed by atoms with van der Waals surface area (Å²) in [4.78, 5) is 22.9. The lowest BCUT2D eigenvalue weighted by molar-refractivity contribution is -0.152. The highest BCUT2D eigenvalue weighted by Crippen LogP contribution is 2.25. The molecule has 2 N–H and O–H groups in total. The molecular weight excluding hydrogens is 260 g/mol. The fraction of sp³-hybridized carbons (Fsp3) is 0.333. The van der Waals surface area contributed by atoms with Gasteiger partial charge in [0.1, 0.15) is 0 Å². The van der Waals surface area contributed by atoms with Gasteiger partial charge in [0.2, 0.25) is 0 Å². The SMILES string of the molecule is CC(=O)C(OC(=O)/C=C/c1ccc(O)c(O)c1)C(C)C. The standard InChI is InChI=1S/C15H18O5/c1-9(2)15(10(3)16)20-14(19)7-5-11-4-6-12(17)13(18)8-11/h4-9,15,17-18H,1-3H3/b7-5+. The molecule has 1 unspecified atom stereocenters. The van der Waals surface area contributed by atoms with E-state index in [4.69, 9.17) is 9.84 Å². The molecule has 1 atom stereocenters. The summed E-state index contributed by atoms with van der Waals surface area (Å²) in [7, 11) is 0. The minimum Gasteiger partial charge on any atom is -0.504 e. The molecule has 0 bridgehead atoms. The average molecular weight is 278 g/mol. The number of rotatable bonds is 5. The first-order valence-corrected chi connectivity index (χ1v) is 6.22. The predicted molar refractivity (Wildman–Crippen MR) is 74.2 cm³/mol. The molecule has 5 nitrogen and oxygen atoms in total. The summed E-state index contributed by atoms with van der Waals surface area (Å²) in [6.07, 6.45) is 1.84. The van der Waals surface area contributed by atoms with Crippen LogP contribution >= 0.6 is 0 Å². The van der Waals surface area contributed by atoms with E-state index in [0.29, 0.717) is 5.56 Å². The first kappa shape index (κ1) is 15.8. The Balaban J connectivity index is 2.72. The second-order valence-electron chi connectivity index (χ2n) is 4.79.